The van der Waals surface area contributed by atoms with Crippen LogP contribution >= 0.6 is 0 Å². The molecule has 1 unspecified atom stereocenters. The number of benzene rings is 1. The highest BCUT2D eigenvalue weighted by molar-refractivity contribution is 5.80. The number of carbonyl (C=O) groups is 1. The molecule has 0 aliphatic carbocycles. The molecule has 0 aliphatic rings. The van der Waals surface area contributed by atoms with Crippen LogP contribution in [0.15, 0.2) is 24.3 Å². The SMILES string of the molecule is CCOC(=O)C(C)(CCOc1ccc(F)cc1)NC. The van der Waals surface area contributed by atoms with Crippen molar-refractivity contribution in [3.8, 4) is 5.75 Å². The molecule has 1 aromatic carbocycles. The number of nitrogens with one attached hydrogen (secondary N) is 1. The number of halogens is 1. The minimum atomic E-state index is -0.782. The number of likely N-dealkylation sites (N-methyl/N-ethyl adjacent to an activating group) is 1. The summed E-state index contributed by atoms with van der Waals surface area (Å²) in [6, 6.07) is 5.77. The number of carbonyl (C=O) groups excluding carboxylic acids is 1. The predicted molar refractivity (Wildman–Crippen MR) is 70.6 cm³/mol. The smallest absolute Gasteiger partial charge is 0.326 e. The van der Waals surface area contributed by atoms with Crippen molar-refractivity contribution in [1.29, 1.82) is 0 Å². The van der Waals surface area contributed by atoms with E-state index in [4.69, 9.17) is 9.47 Å². The van der Waals surface area contributed by atoms with Gasteiger partial charge in [-0.05, 0) is 45.2 Å². The van der Waals surface area contributed by atoms with E-state index >= 15 is 0 Å². The lowest BCUT2D eigenvalue weighted by atomic mass is 9.99. The van der Waals surface area contributed by atoms with Crippen molar-refractivity contribution in [3.05, 3.63) is 30.1 Å². The molecule has 1 rings (SSSR count). The van der Waals surface area contributed by atoms with Crippen LogP contribution in [0, 0.1) is 5.82 Å². The second-order valence-electron chi connectivity index (χ2n) is 4.35. The molecular weight excluding hydrogens is 249 g/mol. The average molecular weight is 269 g/mol. The first kappa shape index (κ1) is 15.4. The zero-order valence-corrected chi connectivity index (χ0v) is 11.5. The number of ether oxygens (including phenoxy) is 2. The molecule has 0 saturated carbocycles. The second-order valence-corrected chi connectivity index (χ2v) is 4.35. The molecule has 0 amide bonds. The Morgan fingerprint density at radius 1 is 1.37 bits per heavy atom. The molecule has 106 valence electrons. The second kappa shape index (κ2) is 7.09. The molecule has 19 heavy (non-hydrogen) atoms. The largest absolute Gasteiger partial charge is 0.494 e. The maximum absolute atomic E-state index is 12.7. The fourth-order valence-electron chi connectivity index (χ4n) is 1.52. The summed E-state index contributed by atoms with van der Waals surface area (Å²) in [6.45, 7) is 4.21. The summed E-state index contributed by atoms with van der Waals surface area (Å²) in [6.07, 6.45) is 0.458. The van der Waals surface area contributed by atoms with Gasteiger partial charge in [0.1, 0.15) is 17.1 Å². The highest BCUT2D eigenvalue weighted by atomic mass is 19.1. The summed E-state index contributed by atoms with van der Waals surface area (Å²) in [5.74, 6) is -0.0390. The number of esters is 1. The van der Waals surface area contributed by atoms with Crippen LogP contribution in [0.1, 0.15) is 20.3 Å². The quantitative estimate of drug-likeness (QED) is 0.770. The van der Waals surface area contributed by atoms with Gasteiger partial charge in [0.2, 0.25) is 0 Å². The third kappa shape index (κ3) is 4.52. The summed E-state index contributed by atoms with van der Waals surface area (Å²) < 4.78 is 23.2. The third-order valence-electron chi connectivity index (χ3n) is 2.96. The van der Waals surface area contributed by atoms with Crippen molar-refractivity contribution in [3.63, 3.8) is 0 Å². The van der Waals surface area contributed by atoms with Crippen molar-refractivity contribution in [2.45, 2.75) is 25.8 Å². The third-order valence-corrected chi connectivity index (χ3v) is 2.96. The number of rotatable bonds is 7. The van der Waals surface area contributed by atoms with E-state index in [1.807, 2.05) is 0 Å². The monoisotopic (exact) mass is 269 g/mol. The van der Waals surface area contributed by atoms with E-state index in [2.05, 4.69) is 5.32 Å². The summed E-state index contributed by atoms with van der Waals surface area (Å²) in [5, 5.41) is 2.94. The zero-order chi connectivity index (χ0) is 14.3. The standard InChI is InChI=1S/C14H20FNO3/c1-4-18-13(17)14(2,16-3)9-10-19-12-7-5-11(15)6-8-12/h5-8,16H,4,9-10H2,1-3H3. The maximum Gasteiger partial charge on any atom is 0.326 e. The van der Waals surface area contributed by atoms with E-state index in [0.29, 0.717) is 25.4 Å². The van der Waals surface area contributed by atoms with Crippen molar-refractivity contribution >= 4 is 5.97 Å². The van der Waals surface area contributed by atoms with Crippen LogP contribution in [0.3, 0.4) is 0 Å². The van der Waals surface area contributed by atoms with Crippen LogP contribution in [0.25, 0.3) is 0 Å². The van der Waals surface area contributed by atoms with E-state index in [1.165, 1.54) is 12.1 Å². The fraction of sp³-hybridized carbons (Fsp3) is 0.500. The lowest BCUT2D eigenvalue weighted by Crippen LogP contribution is -2.49. The normalized spacial score (nSPS) is 13.7. The first-order chi connectivity index (χ1) is 9.01. The molecular formula is C14H20FNO3. The first-order valence-corrected chi connectivity index (χ1v) is 6.26. The Balaban J connectivity index is 2.49. The Morgan fingerprint density at radius 2 is 2.00 bits per heavy atom. The molecule has 0 fully saturated rings. The van der Waals surface area contributed by atoms with E-state index < -0.39 is 5.54 Å². The van der Waals surface area contributed by atoms with Gasteiger partial charge in [0.25, 0.3) is 0 Å². The minimum Gasteiger partial charge on any atom is -0.494 e. The molecule has 0 radical (unpaired) electrons. The van der Waals surface area contributed by atoms with Crippen molar-refractivity contribution in [1.82, 2.24) is 5.32 Å². The Kier molecular flexibility index (Phi) is 5.76. The van der Waals surface area contributed by atoms with Crippen LogP contribution in [0.5, 0.6) is 5.75 Å². The van der Waals surface area contributed by atoms with Crippen LogP contribution in [-0.2, 0) is 9.53 Å². The molecule has 0 spiro atoms. The van der Waals surface area contributed by atoms with E-state index in [-0.39, 0.29) is 11.8 Å². The predicted octanol–water partition coefficient (Wildman–Crippen LogP) is 2.14. The lowest BCUT2D eigenvalue weighted by Gasteiger charge is -2.26. The average Bonchev–Trinajstić information content (AvgIpc) is 2.41. The molecule has 1 N–H and O–H groups in total. The minimum absolute atomic E-state index is 0.305. The van der Waals surface area contributed by atoms with Gasteiger partial charge in [-0.15, -0.1) is 0 Å². The molecule has 4 nitrogen and oxygen atoms in total. The molecule has 0 saturated heterocycles. The van der Waals surface area contributed by atoms with E-state index in [9.17, 15) is 9.18 Å². The molecule has 0 bridgehead atoms. The van der Waals surface area contributed by atoms with Crippen LogP contribution in [0.4, 0.5) is 4.39 Å². The molecule has 0 aromatic heterocycles. The molecule has 0 heterocycles. The summed E-state index contributed by atoms with van der Waals surface area (Å²) in [5.41, 5.74) is -0.782. The Labute approximate surface area is 112 Å². The van der Waals surface area contributed by atoms with Gasteiger partial charge in [-0.1, -0.05) is 0 Å². The fourth-order valence-corrected chi connectivity index (χ4v) is 1.52. The molecule has 0 aliphatic heterocycles. The molecule has 5 heteroatoms. The van der Waals surface area contributed by atoms with Gasteiger partial charge in [0.05, 0.1) is 13.2 Å². The van der Waals surface area contributed by atoms with Crippen LogP contribution in [0.2, 0.25) is 0 Å². The Hall–Kier alpha value is -1.62. The van der Waals surface area contributed by atoms with Gasteiger partial charge < -0.3 is 14.8 Å². The summed E-state index contributed by atoms with van der Waals surface area (Å²) in [4.78, 5) is 11.8. The zero-order valence-electron chi connectivity index (χ0n) is 11.5. The topological polar surface area (TPSA) is 47.6 Å². The van der Waals surface area contributed by atoms with Crippen molar-refractivity contribution in [2.75, 3.05) is 20.3 Å². The van der Waals surface area contributed by atoms with Gasteiger partial charge in [-0.25, -0.2) is 4.39 Å². The highest BCUT2D eigenvalue weighted by Crippen LogP contribution is 2.15. The van der Waals surface area contributed by atoms with Crippen molar-refractivity contribution in [2.24, 2.45) is 0 Å². The molecule has 1 aromatic rings. The summed E-state index contributed by atoms with van der Waals surface area (Å²) >= 11 is 0. The maximum atomic E-state index is 12.7. The summed E-state index contributed by atoms with van der Waals surface area (Å²) in [7, 11) is 1.70. The molecule has 1 atom stereocenters. The van der Waals surface area contributed by atoms with Crippen molar-refractivity contribution < 1.29 is 18.7 Å². The van der Waals surface area contributed by atoms with Crippen LogP contribution < -0.4 is 10.1 Å². The van der Waals surface area contributed by atoms with Gasteiger partial charge >= 0.3 is 5.97 Å². The lowest BCUT2D eigenvalue weighted by molar-refractivity contribution is -0.150. The Bertz CT molecular complexity index is 408. The highest BCUT2D eigenvalue weighted by Gasteiger charge is 2.32. The van der Waals surface area contributed by atoms with Crippen LogP contribution in [-0.4, -0.2) is 31.8 Å². The Morgan fingerprint density at radius 3 is 2.53 bits per heavy atom. The van der Waals surface area contributed by atoms with Gasteiger partial charge in [0, 0.05) is 6.42 Å². The first-order valence-electron chi connectivity index (χ1n) is 6.26. The number of hydrogen-bond donors (Lipinski definition) is 1. The van der Waals surface area contributed by atoms with E-state index in [0.717, 1.165) is 0 Å². The van der Waals surface area contributed by atoms with Gasteiger partial charge in [-0.3, -0.25) is 4.79 Å². The number of hydrogen-bond acceptors (Lipinski definition) is 4. The van der Waals surface area contributed by atoms with Gasteiger partial charge in [0.15, 0.2) is 0 Å². The van der Waals surface area contributed by atoms with E-state index in [1.54, 1.807) is 33.0 Å². The van der Waals surface area contributed by atoms with Gasteiger partial charge in [-0.2, -0.15) is 0 Å².